The van der Waals surface area contributed by atoms with Crippen molar-refractivity contribution >= 4 is 40.7 Å². The van der Waals surface area contributed by atoms with E-state index < -0.39 is 35.8 Å². The van der Waals surface area contributed by atoms with Crippen LogP contribution >= 0.6 is 11.6 Å². The van der Waals surface area contributed by atoms with Crippen LogP contribution in [0.5, 0.6) is 11.5 Å². The summed E-state index contributed by atoms with van der Waals surface area (Å²) in [6, 6.07) is 10.9. The van der Waals surface area contributed by atoms with E-state index in [4.69, 9.17) is 26.1 Å². The molecule has 0 fully saturated rings. The molecule has 0 aliphatic carbocycles. The number of benzene rings is 3. The number of rotatable bonds is 5. The van der Waals surface area contributed by atoms with Crippen molar-refractivity contribution in [2.24, 2.45) is 4.99 Å². The summed E-state index contributed by atoms with van der Waals surface area (Å²) in [5.74, 6) is 0.421. The normalized spacial score (nSPS) is 19.6. The zero-order chi connectivity index (χ0) is 29.2. The molecule has 2 unspecified atom stereocenters. The first-order valence-electron chi connectivity index (χ1n) is 12.8. The van der Waals surface area contributed by atoms with Gasteiger partial charge in [0.1, 0.15) is 35.6 Å². The quantitative estimate of drug-likeness (QED) is 0.367. The second-order valence-electron chi connectivity index (χ2n) is 10.1. The van der Waals surface area contributed by atoms with E-state index in [1.807, 2.05) is 13.8 Å². The molecule has 1 N–H and O–H groups in total. The molecule has 41 heavy (non-hydrogen) atoms. The lowest BCUT2D eigenvalue weighted by Gasteiger charge is -2.42. The summed E-state index contributed by atoms with van der Waals surface area (Å²) in [6.07, 6.45) is -4.87. The molecule has 2 atom stereocenters. The zero-order valence-corrected chi connectivity index (χ0v) is 22.9. The number of ether oxygens (including phenoxy) is 2. The summed E-state index contributed by atoms with van der Waals surface area (Å²) < 4.78 is 53.0. The molecule has 8 nitrogen and oxygen atoms in total. The van der Waals surface area contributed by atoms with Crippen molar-refractivity contribution in [1.82, 2.24) is 4.90 Å². The Hall–Kier alpha value is -4.25. The molecule has 0 saturated heterocycles. The predicted octanol–water partition coefficient (Wildman–Crippen LogP) is 6.59. The summed E-state index contributed by atoms with van der Waals surface area (Å²) in [7, 11) is 1.44. The second kappa shape index (κ2) is 9.69. The van der Waals surface area contributed by atoms with Gasteiger partial charge in [0.25, 0.3) is 0 Å². The van der Waals surface area contributed by atoms with Gasteiger partial charge in [0.05, 0.1) is 36.1 Å². The fourth-order valence-electron chi connectivity index (χ4n) is 5.51. The molecule has 3 aromatic carbocycles. The number of halogens is 4. The van der Waals surface area contributed by atoms with E-state index in [1.165, 1.54) is 29.0 Å². The minimum Gasteiger partial charge on any atom is -0.494 e. The van der Waals surface area contributed by atoms with Crippen molar-refractivity contribution in [3.63, 3.8) is 0 Å². The van der Waals surface area contributed by atoms with Gasteiger partial charge in [0, 0.05) is 11.1 Å². The van der Waals surface area contributed by atoms with E-state index in [-0.39, 0.29) is 29.7 Å². The molecule has 0 saturated carbocycles. The van der Waals surface area contributed by atoms with Gasteiger partial charge < -0.3 is 14.8 Å². The van der Waals surface area contributed by atoms with Crippen molar-refractivity contribution in [2.75, 3.05) is 23.9 Å². The highest BCUT2D eigenvalue weighted by atomic mass is 35.5. The van der Waals surface area contributed by atoms with Crippen LogP contribution in [0.25, 0.3) is 0 Å². The van der Waals surface area contributed by atoms with E-state index in [1.54, 1.807) is 30.3 Å². The number of nitrogens with one attached hydrogen (secondary N) is 1. The Morgan fingerprint density at radius 2 is 1.78 bits per heavy atom. The first-order chi connectivity index (χ1) is 19.5. The van der Waals surface area contributed by atoms with Gasteiger partial charge in [-0.15, -0.1) is 0 Å². The van der Waals surface area contributed by atoms with Crippen molar-refractivity contribution in [1.29, 1.82) is 0 Å². The van der Waals surface area contributed by atoms with Crippen LogP contribution in [0.3, 0.4) is 0 Å². The van der Waals surface area contributed by atoms with E-state index in [0.717, 1.165) is 12.1 Å². The lowest BCUT2D eigenvalue weighted by atomic mass is 9.92. The number of alkyl halides is 3. The van der Waals surface area contributed by atoms with Gasteiger partial charge in [-0.25, -0.2) is 4.79 Å². The lowest BCUT2D eigenvalue weighted by molar-refractivity contribution is -0.137. The summed E-state index contributed by atoms with van der Waals surface area (Å²) in [6.45, 7) is 3.36. The third-order valence-electron chi connectivity index (χ3n) is 7.14. The third-order valence-corrected chi connectivity index (χ3v) is 7.39. The Balaban J connectivity index is 1.63. The monoisotopic (exact) mass is 584 g/mol. The molecular weight excluding hydrogens is 561 g/mol. The average Bonchev–Trinajstić information content (AvgIpc) is 3.32. The molecule has 12 heteroatoms. The standard InChI is InChI=1S/C29H24ClF3N4O4/c1-14(2)41-19-12-20(40-3)24-26-22(19)27-35-23(15-7-9-18(30)10-8-15)25(16-5-4-6-17(11-16)29(31,32)33)37(27)28(39)36(26)13-21(38)34-24/h4-12,14,23,25H,13H2,1-3H3,(H,34,38). The number of aliphatic imine (C=N–C) groups is 1. The fraction of sp³-hybridized carbons (Fsp3) is 0.276. The minimum absolute atomic E-state index is 0.222. The van der Waals surface area contributed by atoms with Crippen LogP contribution < -0.4 is 19.7 Å². The Morgan fingerprint density at radius 1 is 1.05 bits per heavy atom. The minimum atomic E-state index is -4.60. The highest BCUT2D eigenvalue weighted by Crippen LogP contribution is 2.54. The van der Waals surface area contributed by atoms with Gasteiger partial charge in [-0.2, -0.15) is 13.2 Å². The van der Waals surface area contributed by atoms with Gasteiger partial charge in [-0.05, 0) is 49.2 Å². The number of carbonyl (C=O) groups is 2. The summed E-state index contributed by atoms with van der Waals surface area (Å²) in [5, 5.41) is 3.26. The molecule has 6 rings (SSSR count). The average molecular weight is 585 g/mol. The Labute approximate surface area is 238 Å². The first-order valence-corrected chi connectivity index (χ1v) is 13.2. The molecule has 0 radical (unpaired) electrons. The molecule has 3 amide bonds. The van der Waals surface area contributed by atoms with Gasteiger partial charge in [0.15, 0.2) is 0 Å². The van der Waals surface area contributed by atoms with Crippen LogP contribution in [0.4, 0.5) is 29.3 Å². The maximum atomic E-state index is 14.2. The van der Waals surface area contributed by atoms with Gasteiger partial charge in [0.2, 0.25) is 5.91 Å². The van der Waals surface area contributed by atoms with Crippen molar-refractivity contribution in [3.05, 3.63) is 81.9 Å². The molecule has 3 aromatic rings. The van der Waals surface area contributed by atoms with Crippen molar-refractivity contribution in [2.45, 2.75) is 38.2 Å². The Morgan fingerprint density at radius 3 is 2.44 bits per heavy atom. The number of amides is 3. The SMILES string of the molecule is COc1cc(OC(C)C)c2c3c1NC(=O)CN3C(=O)N1C2=NC(c2ccc(Cl)cc2)C1c1cccc(C(F)(F)F)c1. The number of hydrogen-bond acceptors (Lipinski definition) is 5. The Kier molecular flexibility index (Phi) is 6.37. The van der Waals surface area contributed by atoms with Crippen LogP contribution in [-0.2, 0) is 11.0 Å². The van der Waals surface area contributed by atoms with Gasteiger partial charge in [-0.1, -0.05) is 35.9 Å². The lowest BCUT2D eigenvalue weighted by Crippen LogP contribution is -2.55. The number of fused-ring (bicyclic) bond motifs is 2. The molecule has 3 aliphatic heterocycles. The maximum Gasteiger partial charge on any atom is 0.416 e. The summed E-state index contributed by atoms with van der Waals surface area (Å²) >= 11 is 6.13. The molecule has 0 spiro atoms. The number of hydrogen-bond donors (Lipinski definition) is 1. The smallest absolute Gasteiger partial charge is 0.416 e. The summed E-state index contributed by atoms with van der Waals surface area (Å²) in [5.41, 5.74) is 1.11. The first kappa shape index (κ1) is 26.9. The molecule has 212 valence electrons. The van der Waals surface area contributed by atoms with E-state index in [9.17, 15) is 22.8 Å². The highest BCUT2D eigenvalue weighted by Gasteiger charge is 2.52. The molecular formula is C29H24ClF3N4O4. The number of carbonyl (C=O) groups excluding carboxylic acids is 2. The topological polar surface area (TPSA) is 83.5 Å². The summed E-state index contributed by atoms with van der Waals surface area (Å²) in [4.78, 5) is 34.6. The largest absolute Gasteiger partial charge is 0.494 e. The van der Waals surface area contributed by atoms with Crippen LogP contribution in [-0.4, -0.2) is 42.4 Å². The number of methoxy groups -OCH3 is 1. The predicted molar refractivity (Wildman–Crippen MR) is 147 cm³/mol. The van der Waals surface area contributed by atoms with E-state index in [0.29, 0.717) is 33.3 Å². The number of amidine groups is 1. The molecule has 0 aromatic heterocycles. The molecule has 3 aliphatic rings. The third kappa shape index (κ3) is 4.44. The maximum absolute atomic E-state index is 14.2. The van der Waals surface area contributed by atoms with E-state index >= 15 is 0 Å². The van der Waals surface area contributed by atoms with Crippen LogP contribution in [0.2, 0.25) is 5.02 Å². The van der Waals surface area contributed by atoms with E-state index in [2.05, 4.69) is 5.32 Å². The van der Waals surface area contributed by atoms with Crippen LogP contribution in [0.1, 0.15) is 48.2 Å². The zero-order valence-electron chi connectivity index (χ0n) is 22.1. The second-order valence-corrected chi connectivity index (χ2v) is 10.6. The van der Waals surface area contributed by atoms with Gasteiger partial charge in [-0.3, -0.25) is 19.6 Å². The number of anilines is 2. The van der Waals surface area contributed by atoms with Crippen LogP contribution in [0.15, 0.2) is 59.6 Å². The number of urea groups is 1. The van der Waals surface area contributed by atoms with Crippen molar-refractivity contribution < 1.29 is 32.2 Å². The molecule has 0 bridgehead atoms. The Bertz CT molecular complexity index is 1610. The van der Waals surface area contributed by atoms with Gasteiger partial charge >= 0.3 is 12.2 Å². The van der Waals surface area contributed by atoms with Crippen LogP contribution in [0, 0.1) is 0 Å². The number of nitrogens with zero attached hydrogens (tertiary/aromatic N) is 3. The molecule has 3 heterocycles. The fourth-order valence-corrected chi connectivity index (χ4v) is 5.64. The highest BCUT2D eigenvalue weighted by molar-refractivity contribution is 6.30. The van der Waals surface area contributed by atoms with Crippen molar-refractivity contribution in [3.8, 4) is 11.5 Å².